The van der Waals surface area contributed by atoms with Crippen molar-refractivity contribution in [2.24, 2.45) is 17.3 Å². The van der Waals surface area contributed by atoms with E-state index in [9.17, 15) is 37.5 Å². The van der Waals surface area contributed by atoms with Crippen LogP contribution in [0.15, 0.2) is 60.9 Å². The van der Waals surface area contributed by atoms with Gasteiger partial charge in [-0.3, -0.25) is 14.4 Å². The van der Waals surface area contributed by atoms with E-state index in [1.165, 1.54) is 12.3 Å². The van der Waals surface area contributed by atoms with E-state index in [4.69, 9.17) is 21.3 Å². The number of piperazine rings is 1. The van der Waals surface area contributed by atoms with Crippen molar-refractivity contribution in [3.63, 3.8) is 0 Å². The first-order chi connectivity index (χ1) is 31.0. The lowest BCUT2D eigenvalue weighted by Crippen LogP contribution is -2.56. The van der Waals surface area contributed by atoms with E-state index in [1.807, 2.05) is 58.3 Å². The van der Waals surface area contributed by atoms with E-state index in [0.717, 1.165) is 6.07 Å². The number of nitrogens with one attached hydrogen (secondary N) is 3. The second-order valence-corrected chi connectivity index (χ2v) is 19.2. The van der Waals surface area contributed by atoms with Gasteiger partial charge < -0.3 is 44.9 Å². The van der Waals surface area contributed by atoms with Gasteiger partial charge in [-0.15, -0.1) is 13.2 Å². The van der Waals surface area contributed by atoms with Gasteiger partial charge in [-0.25, -0.2) is 14.8 Å². The smallest absolute Gasteiger partial charge is 0.465 e. The Morgan fingerprint density at radius 2 is 1.62 bits per heavy atom. The molecule has 3 aliphatic rings. The van der Waals surface area contributed by atoms with Crippen LogP contribution in [-0.4, -0.2) is 111 Å². The number of imidazole rings is 1. The highest BCUT2D eigenvalue weighted by molar-refractivity contribution is 6.34. The van der Waals surface area contributed by atoms with Crippen LogP contribution in [0.4, 0.5) is 29.5 Å². The largest absolute Gasteiger partial charge is 0.573 e. The minimum Gasteiger partial charge on any atom is -0.465 e. The van der Waals surface area contributed by atoms with Crippen molar-refractivity contribution in [2.45, 2.75) is 104 Å². The van der Waals surface area contributed by atoms with Crippen LogP contribution in [0, 0.1) is 17.3 Å². The third kappa shape index (κ3) is 11.0. The first-order valence-electron chi connectivity index (χ1n) is 22.1. The monoisotopic (exact) mass is 936 g/mol. The van der Waals surface area contributed by atoms with Crippen molar-refractivity contribution < 1.29 is 46.9 Å². The van der Waals surface area contributed by atoms with Crippen LogP contribution in [0.2, 0.25) is 5.02 Å². The number of carbonyl (C=O) groups is 4. The number of hydrogen-bond donors (Lipinski definition) is 4. The van der Waals surface area contributed by atoms with Crippen molar-refractivity contribution in [1.82, 2.24) is 30.1 Å². The molecular weight excluding hydrogens is 881 g/mol. The van der Waals surface area contributed by atoms with Crippen LogP contribution in [0.3, 0.4) is 0 Å². The van der Waals surface area contributed by atoms with E-state index in [1.54, 1.807) is 47.5 Å². The molecule has 66 heavy (non-hydrogen) atoms. The fourth-order valence-corrected chi connectivity index (χ4v) is 9.58. The number of amides is 4. The molecule has 4 N–H and O–H groups in total. The predicted octanol–water partition coefficient (Wildman–Crippen LogP) is 8.78. The predicted molar refractivity (Wildman–Crippen MR) is 242 cm³/mol. The number of ether oxygens (including phenoxy) is 2. The number of hydrogen-bond acceptors (Lipinski definition) is 9. The summed E-state index contributed by atoms with van der Waals surface area (Å²) in [5.74, 6) is -0.503. The Morgan fingerprint density at radius 1 is 0.939 bits per heavy atom. The number of carbonyl (C=O) groups excluding carboxylic acids is 3. The van der Waals surface area contributed by atoms with Gasteiger partial charge in [0.1, 0.15) is 23.4 Å². The van der Waals surface area contributed by atoms with E-state index in [0.29, 0.717) is 73.9 Å². The van der Waals surface area contributed by atoms with Gasteiger partial charge in [0.2, 0.25) is 11.8 Å². The number of anilines is 2. The number of nitrogens with zero attached hydrogens (tertiary/aromatic N) is 5. The molecule has 0 bridgehead atoms. The number of benzene rings is 2. The van der Waals surface area contributed by atoms with Crippen molar-refractivity contribution in [3.8, 4) is 28.1 Å². The molecule has 2 aromatic heterocycles. The van der Waals surface area contributed by atoms with Gasteiger partial charge in [0.15, 0.2) is 0 Å². The third-order valence-electron chi connectivity index (χ3n) is 12.4. The minimum atomic E-state index is -5.07. The average molecular weight is 937 g/mol. The summed E-state index contributed by atoms with van der Waals surface area (Å²) in [6.07, 6.45) is -1.90. The molecule has 5 heterocycles. The van der Waals surface area contributed by atoms with Crippen molar-refractivity contribution in [3.05, 3.63) is 77.3 Å². The normalized spacial score (nSPS) is 23.0. The zero-order valence-electron chi connectivity index (χ0n) is 37.9. The molecular formula is C47H56ClF3N8O7. The number of carboxylic acid groups (broad SMARTS) is 1. The summed E-state index contributed by atoms with van der Waals surface area (Å²) < 4.78 is 51.8. The highest BCUT2D eigenvalue weighted by Gasteiger charge is 2.43. The maximum Gasteiger partial charge on any atom is 0.573 e. The first-order valence-corrected chi connectivity index (χ1v) is 22.5. The lowest BCUT2D eigenvalue weighted by atomic mass is 9.85. The van der Waals surface area contributed by atoms with Crippen LogP contribution in [-0.2, 0) is 14.3 Å². The number of halogens is 4. The van der Waals surface area contributed by atoms with Crippen molar-refractivity contribution in [2.75, 3.05) is 36.4 Å². The van der Waals surface area contributed by atoms with Crippen LogP contribution in [0.5, 0.6) is 5.75 Å². The average Bonchev–Trinajstić information content (AvgIpc) is 3.89. The topological polar surface area (TPSA) is 182 Å². The summed E-state index contributed by atoms with van der Waals surface area (Å²) in [7, 11) is 0. The molecule has 3 aliphatic heterocycles. The third-order valence-corrected chi connectivity index (χ3v) is 12.7. The van der Waals surface area contributed by atoms with Crippen LogP contribution in [0.25, 0.3) is 22.4 Å². The molecule has 1 unspecified atom stereocenters. The molecule has 4 aromatic rings. The molecule has 354 valence electrons. The van der Waals surface area contributed by atoms with E-state index < -0.39 is 41.6 Å². The number of pyridine rings is 1. The summed E-state index contributed by atoms with van der Waals surface area (Å²) in [5.41, 5.74) is 1.03. The second kappa shape index (κ2) is 19.1. The van der Waals surface area contributed by atoms with Gasteiger partial charge >= 0.3 is 12.5 Å². The van der Waals surface area contributed by atoms with Crippen LogP contribution in [0.1, 0.15) is 90.0 Å². The number of alkyl halides is 3. The van der Waals surface area contributed by atoms with Gasteiger partial charge in [0.25, 0.3) is 5.91 Å². The second-order valence-electron chi connectivity index (χ2n) is 18.8. The lowest BCUT2D eigenvalue weighted by Gasteiger charge is -2.42. The molecule has 7 rings (SSSR count). The zero-order chi connectivity index (χ0) is 47.8. The highest BCUT2D eigenvalue weighted by Crippen LogP contribution is 2.42. The Balaban J connectivity index is 1.05. The van der Waals surface area contributed by atoms with Crippen molar-refractivity contribution in [1.29, 1.82) is 0 Å². The molecule has 4 amide bonds. The SMILES string of the molecule is C[C@H]1C[C@@H](c2nc(-c3ccc(-c4cc(Cl)c(NC(=O)c5ccc(N6CCN(C(=O)C(C)(C)C)C[C@H]6C)nc5)cc4OC(F)(F)F)cc3)c[nH]2)N(C(=O)C(NC(=O)O)C2C[C@H](C)O[C@@H](C)C2)C1. The molecule has 0 aliphatic carbocycles. The van der Waals surface area contributed by atoms with E-state index in [-0.39, 0.29) is 63.7 Å². The van der Waals surface area contributed by atoms with Crippen LogP contribution < -0.4 is 20.3 Å². The summed E-state index contributed by atoms with van der Waals surface area (Å²) >= 11 is 6.61. The summed E-state index contributed by atoms with van der Waals surface area (Å²) in [6.45, 7) is 15.5. The molecule has 6 atom stereocenters. The summed E-state index contributed by atoms with van der Waals surface area (Å²) in [5, 5.41) is 14.7. The molecule has 19 heteroatoms. The Kier molecular flexibility index (Phi) is 13.9. The fourth-order valence-electron chi connectivity index (χ4n) is 9.37. The Bertz CT molecular complexity index is 2420. The standard InChI is InChI=1S/C47H56ClF3N8O7/c1-25-16-37(59(23-25)43(61)40(56-45(63)64)32-17-27(3)65-28(4)18-32)41-53-22-36(54-41)30-10-8-29(9-11-30)33-19-34(48)35(20-38(33)66-47(49,50)51)55-42(60)31-12-13-39(52-21-31)58-15-14-57(24-26(58)2)44(62)46(5,6)7/h8-13,19-22,25-28,32,37,40,56H,14-18,23-24H2,1-7H3,(H,53,54)(H,55,60)(H,63,64)/t25-,26+,27-,28-,37-,40?/m0/s1. The first kappa shape index (κ1) is 48.1. The summed E-state index contributed by atoms with van der Waals surface area (Å²) in [4.78, 5) is 70.3. The Labute approximate surface area is 386 Å². The van der Waals surface area contributed by atoms with Gasteiger partial charge in [-0.1, -0.05) is 63.6 Å². The molecule has 3 saturated heterocycles. The van der Waals surface area contributed by atoms with Crippen LogP contribution >= 0.6 is 11.6 Å². The Hall–Kier alpha value is -5.88. The summed E-state index contributed by atoms with van der Waals surface area (Å²) in [6, 6.07) is 10.7. The van der Waals surface area contributed by atoms with Gasteiger partial charge in [-0.05, 0) is 75.6 Å². The maximum atomic E-state index is 14.2. The van der Waals surface area contributed by atoms with Gasteiger partial charge in [0.05, 0.1) is 40.2 Å². The molecule has 0 saturated carbocycles. The number of likely N-dealkylation sites (tertiary alicyclic amines) is 1. The molecule has 15 nitrogen and oxygen atoms in total. The minimum absolute atomic E-state index is 0.0148. The van der Waals surface area contributed by atoms with E-state index >= 15 is 0 Å². The van der Waals surface area contributed by atoms with Gasteiger partial charge in [0, 0.05) is 67.2 Å². The lowest BCUT2D eigenvalue weighted by molar-refractivity contribution is -0.274. The number of H-pyrrole nitrogens is 1. The molecule has 2 aromatic carbocycles. The zero-order valence-corrected chi connectivity index (χ0v) is 38.7. The molecule has 0 radical (unpaired) electrons. The molecule has 0 spiro atoms. The van der Waals surface area contributed by atoms with Gasteiger partial charge in [-0.2, -0.15) is 0 Å². The number of rotatable bonds is 10. The maximum absolute atomic E-state index is 14.2. The number of aromatic amines is 1. The van der Waals surface area contributed by atoms with Crippen molar-refractivity contribution >= 4 is 46.9 Å². The van der Waals surface area contributed by atoms with E-state index in [2.05, 4.69) is 25.3 Å². The highest BCUT2D eigenvalue weighted by atomic mass is 35.5. The Morgan fingerprint density at radius 3 is 2.23 bits per heavy atom. The fraction of sp³-hybridized carbons (Fsp3) is 0.489. The molecule has 3 fully saturated rings. The number of aromatic nitrogens is 3. The quantitative estimate of drug-likeness (QED) is 0.120.